The molecule has 140 valence electrons. The molecule has 0 aromatic heterocycles. The Kier molecular flexibility index (Phi) is 7.07. The van der Waals surface area contributed by atoms with E-state index in [-0.39, 0.29) is 11.3 Å². The van der Waals surface area contributed by atoms with E-state index in [0.29, 0.717) is 19.4 Å². The van der Waals surface area contributed by atoms with Crippen LogP contribution in [0.4, 0.5) is 5.69 Å². The number of ether oxygens (including phenoxy) is 2. The standard InChI is InChI=1S/C22H29NO3/c1-5-22(2,3)17-8-12-20(13-9-17)26-16-6-7-21(24)23-18-10-14-19(25-4)15-11-18/h8-15H,5-7,16H2,1-4H3,(H,23,24). The first kappa shape index (κ1) is 19.8. The van der Waals surface area contributed by atoms with Crippen molar-refractivity contribution in [3.8, 4) is 11.5 Å². The van der Waals surface area contributed by atoms with E-state index in [9.17, 15) is 4.79 Å². The van der Waals surface area contributed by atoms with E-state index < -0.39 is 0 Å². The third kappa shape index (κ3) is 5.80. The number of rotatable bonds is 9. The van der Waals surface area contributed by atoms with Crippen LogP contribution in [0.2, 0.25) is 0 Å². The van der Waals surface area contributed by atoms with Crippen LogP contribution in [0.1, 0.15) is 45.6 Å². The highest BCUT2D eigenvalue weighted by molar-refractivity contribution is 5.90. The van der Waals surface area contributed by atoms with Crippen LogP contribution < -0.4 is 14.8 Å². The fourth-order valence-electron chi connectivity index (χ4n) is 2.53. The third-order valence-electron chi connectivity index (χ3n) is 4.71. The number of amides is 1. The summed E-state index contributed by atoms with van der Waals surface area (Å²) in [5, 5.41) is 2.87. The zero-order chi connectivity index (χ0) is 19.0. The Balaban J connectivity index is 1.71. The number of hydrogen-bond donors (Lipinski definition) is 1. The molecule has 0 aliphatic carbocycles. The van der Waals surface area contributed by atoms with Gasteiger partial charge in [-0.15, -0.1) is 0 Å². The molecule has 0 atom stereocenters. The third-order valence-corrected chi connectivity index (χ3v) is 4.71. The highest BCUT2D eigenvalue weighted by atomic mass is 16.5. The maximum Gasteiger partial charge on any atom is 0.224 e. The van der Waals surface area contributed by atoms with E-state index in [4.69, 9.17) is 9.47 Å². The second kappa shape index (κ2) is 9.27. The molecule has 26 heavy (non-hydrogen) atoms. The minimum Gasteiger partial charge on any atom is -0.497 e. The van der Waals surface area contributed by atoms with Gasteiger partial charge in [0.15, 0.2) is 0 Å². The van der Waals surface area contributed by atoms with Crippen molar-refractivity contribution in [1.82, 2.24) is 0 Å². The van der Waals surface area contributed by atoms with Gasteiger partial charge in [0.05, 0.1) is 13.7 Å². The van der Waals surface area contributed by atoms with Gasteiger partial charge in [0.2, 0.25) is 5.91 Å². The van der Waals surface area contributed by atoms with E-state index in [1.807, 2.05) is 36.4 Å². The van der Waals surface area contributed by atoms with Crippen LogP contribution >= 0.6 is 0 Å². The van der Waals surface area contributed by atoms with Gasteiger partial charge in [-0.25, -0.2) is 0 Å². The topological polar surface area (TPSA) is 47.6 Å². The first-order chi connectivity index (χ1) is 12.4. The van der Waals surface area contributed by atoms with E-state index in [1.54, 1.807) is 7.11 Å². The molecule has 1 amide bonds. The van der Waals surface area contributed by atoms with Gasteiger partial charge in [-0.1, -0.05) is 32.9 Å². The zero-order valence-electron chi connectivity index (χ0n) is 16.2. The van der Waals surface area contributed by atoms with Gasteiger partial charge in [-0.3, -0.25) is 4.79 Å². The van der Waals surface area contributed by atoms with Crippen LogP contribution in [0.3, 0.4) is 0 Å². The number of carbonyl (C=O) groups is 1. The molecule has 0 saturated heterocycles. The quantitative estimate of drug-likeness (QED) is 0.630. The molecule has 0 saturated carbocycles. The minimum atomic E-state index is -0.0150. The first-order valence-electron chi connectivity index (χ1n) is 9.12. The highest BCUT2D eigenvalue weighted by Gasteiger charge is 2.17. The van der Waals surface area contributed by atoms with Crippen molar-refractivity contribution in [1.29, 1.82) is 0 Å². The summed E-state index contributed by atoms with van der Waals surface area (Å²) in [5.41, 5.74) is 2.26. The smallest absolute Gasteiger partial charge is 0.224 e. The van der Waals surface area contributed by atoms with Crippen LogP contribution in [0.5, 0.6) is 11.5 Å². The number of nitrogens with one attached hydrogen (secondary N) is 1. The number of benzene rings is 2. The molecule has 2 rings (SSSR count). The molecule has 4 heteroatoms. The Bertz CT molecular complexity index is 690. The van der Waals surface area contributed by atoms with Gasteiger partial charge in [0, 0.05) is 12.1 Å². The lowest BCUT2D eigenvalue weighted by atomic mass is 9.82. The van der Waals surface area contributed by atoms with Gasteiger partial charge in [-0.05, 0) is 60.2 Å². The lowest BCUT2D eigenvalue weighted by molar-refractivity contribution is -0.116. The summed E-state index contributed by atoms with van der Waals surface area (Å²) in [7, 11) is 1.62. The van der Waals surface area contributed by atoms with E-state index in [0.717, 1.165) is 23.6 Å². The maximum absolute atomic E-state index is 12.0. The monoisotopic (exact) mass is 355 g/mol. The lowest BCUT2D eigenvalue weighted by Crippen LogP contribution is -2.15. The van der Waals surface area contributed by atoms with Crippen molar-refractivity contribution < 1.29 is 14.3 Å². The van der Waals surface area contributed by atoms with Gasteiger partial charge in [-0.2, -0.15) is 0 Å². The molecule has 0 radical (unpaired) electrons. The molecule has 0 heterocycles. The SMILES string of the molecule is CCC(C)(C)c1ccc(OCCCC(=O)Nc2ccc(OC)cc2)cc1. The minimum absolute atomic E-state index is 0.0150. The average molecular weight is 355 g/mol. The Morgan fingerprint density at radius 2 is 1.62 bits per heavy atom. The molecule has 1 N–H and O–H groups in total. The van der Waals surface area contributed by atoms with Crippen molar-refractivity contribution in [3.05, 3.63) is 54.1 Å². The predicted molar refractivity (Wildman–Crippen MR) is 106 cm³/mol. The molecule has 0 aliphatic heterocycles. The van der Waals surface area contributed by atoms with Crippen molar-refractivity contribution >= 4 is 11.6 Å². The Morgan fingerprint density at radius 1 is 1.00 bits per heavy atom. The second-order valence-electron chi connectivity index (χ2n) is 6.99. The summed E-state index contributed by atoms with van der Waals surface area (Å²) in [5.74, 6) is 1.60. The van der Waals surface area contributed by atoms with Crippen molar-refractivity contribution in [2.24, 2.45) is 0 Å². The Morgan fingerprint density at radius 3 is 2.19 bits per heavy atom. The molecule has 0 fully saturated rings. The van der Waals surface area contributed by atoms with Crippen LogP contribution in [0.15, 0.2) is 48.5 Å². The number of carbonyl (C=O) groups excluding carboxylic acids is 1. The molecule has 4 nitrogen and oxygen atoms in total. The molecule has 0 unspecified atom stereocenters. The summed E-state index contributed by atoms with van der Waals surface area (Å²) < 4.78 is 10.8. The molecular weight excluding hydrogens is 326 g/mol. The van der Waals surface area contributed by atoms with Gasteiger partial charge in [0.25, 0.3) is 0 Å². The van der Waals surface area contributed by atoms with E-state index in [2.05, 4.69) is 38.2 Å². The summed E-state index contributed by atoms with van der Waals surface area (Å²) in [6.07, 6.45) is 2.19. The highest BCUT2D eigenvalue weighted by Crippen LogP contribution is 2.28. The predicted octanol–water partition coefficient (Wildman–Crippen LogP) is 5.18. The first-order valence-corrected chi connectivity index (χ1v) is 9.12. The zero-order valence-corrected chi connectivity index (χ0v) is 16.2. The van der Waals surface area contributed by atoms with Crippen LogP contribution in [0, 0.1) is 0 Å². The van der Waals surface area contributed by atoms with Crippen molar-refractivity contribution in [2.75, 3.05) is 19.0 Å². The van der Waals surface area contributed by atoms with E-state index >= 15 is 0 Å². The lowest BCUT2D eigenvalue weighted by Gasteiger charge is -2.23. The summed E-state index contributed by atoms with van der Waals surface area (Å²) in [6.45, 7) is 7.20. The van der Waals surface area contributed by atoms with Crippen LogP contribution in [0.25, 0.3) is 0 Å². The summed E-state index contributed by atoms with van der Waals surface area (Å²) >= 11 is 0. The number of methoxy groups -OCH3 is 1. The largest absolute Gasteiger partial charge is 0.497 e. The molecule has 0 bridgehead atoms. The normalized spacial score (nSPS) is 11.1. The Labute approximate surface area is 156 Å². The van der Waals surface area contributed by atoms with Gasteiger partial charge < -0.3 is 14.8 Å². The average Bonchev–Trinajstić information content (AvgIpc) is 2.66. The van der Waals surface area contributed by atoms with Gasteiger partial charge in [0.1, 0.15) is 11.5 Å². The Hall–Kier alpha value is -2.49. The fourth-order valence-corrected chi connectivity index (χ4v) is 2.53. The molecular formula is C22H29NO3. The molecule has 0 spiro atoms. The van der Waals surface area contributed by atoms with Crippen molar-refractivity contribution in [3.63, 3.8) is 0 Å². The van der Waals surface area contributed by atoms with Crippen molar-refractivity contribution in [2.45, 2.75) is 45.4 Å². The maximum atomic E-state index is 12.0. The summed E-state index contributed by atoms with van der Waals surface area (Å²) in [6, 6.07) is 15.5. The molecule has 0 aliphatic rings. The van der Waals surface area contributed by atoms with Crippen LogP contribution in [-0.4, -0.2) is 19.6 Å². The number of hydrogen-bond acceptors (Lipinski definition) is 3. The fraction of sp³-hybridized carbons (Fsp3) is 0.409. The van der Waals surface area contributed by atoms with Crippen LogP contribution in [-0.2, 0) is 10.2 Å². The van der Waals surface area contributed by atoms with Gasteiger partial charge >= 0.3 is 0 Å². The van der Waals surface area contributed by atoms with E-state index in [1.165, 1.54) is 5.56 Å². The second-order valence-corrected chi connectivity index (χ2v) is 6.99. The summed E-state index contributed by atoms with van der Waals surface area (Å²) in [4.78, 5) is 12.0. The number of anilines is 1. The molecule has 2 aromatic rings. The molecule has 2 aromatic carbocycles.